The van der Waals surface area contributed by atoms with Crippen molar-refractivity contribution in [2.75, 3.05) is 0 Å². The first-order valence-electron chi connectivity index (χ1n) is 8.70. The molecule has 0 heterocycles. The molecule has 140 valence electrons. The van der Waals surface area contributed by atoms with Gasteiger partial charge in [-0.3, -0.25) is 0 Å². The largest absolute Gasteiger partial charge is 0.508 e. The van der Waals surface area contributed by atoms with E-state index in [2.05, 4.69) is 6.58 Å². The molecule has 0 aliphatic rings. The van der Waals surface area contributed by atoms with E-state index in [0.29, 0.717) is 16.9 Å². The summed E-state index contributed by atoms with van der Waals surface area (Å²) in [4.78, 5) is 11.6. The zero-order chi connectivity index (χ0) is 20.1. The molecule has 3 rings (SSSR count). The van der Waals surface area contributed by atoms with Crippen LogP contribution < -0.4 is 4.74 Å². The fraction of sp³-hybridized carbons (Fsp3) is 0.0417. The number of benzene rings is 3. The lowest BCUT2D eigenvalue weighted by atomic mass is 10.0. The van der Waals surface area contributed by atoms with Gasteiger partial charge in [0.25, 0.3) is 0 Å². The van der Waals surface area contributed by atoms with E-state index in [0.717, 1.165) is 16.7 Å². The SMILES string of the molecule is C=C(C)C(=O)Oc1ccc(-c2ccc(/C=C/c3ccc(O)cc3)cc2O)cc1. The van der Waals surface area contributed by atoms with Gasteiger partial charge in [0.05, 0.1) is 0 Å². The average Bonchev–Trinajstić information content (AvgIpc) is 2.68. The maximum Gasteiger partial charge on any atom is 0.338 e. The van der Waals surface area contributed by atoms with E-state index in [9.17, 15) is 15.0 Å². The molecule has 3 aromatic rings. The van der Waals surface area contributed by atoms with Crippen molar-refractivity contribution in [1.82, 2.24) is 0 Å². The molecule has 0 radical (unpaired) electrons. The van der Waals surface area contributed by atoms with Gasteiger partial charge in [-0.25, -0.2) is 4.79 Å². The van der Waals surface area contributed by atoms with Gasteiger partial charge in [0, 0.05) is 11.1 Å². The summed E-state index contributed by atoms with van der Waals surface area (Å²) < 4.78 is 5.17. The van der Waals surface area contributed by atoms with Gasteiger partial charge in [-0.05, 0) is 53.9 Å². The third-order valence-corrected chi connectivity index (χ3v) is 4.11. The molecule has 0 spiro atoms. The van der Waals surface area contributed by atoms with Crippen LogP contribution in [0, 0.1) is 0 Å². The Balaban J connectivity index is 1.75. The summed E-state index contributed by atoms with van der Waals surface area (Å²) in [5.74, 6) is 0.323. The Morgan fingerprint density at radius 3 is 2.11 bits per heavy atom. The van der Waals surface area contributed by atoms with Crippen LogP contribution in [0.1, 0.15) is 18.1 Å². The molecule has 0 fully saturated rings. The molecule has 3 aromatic carbocycles. The molecule has 4 heteroatoms. The van der Waals surface area contributed by atoms with Crippen LogP contribution in [-0.2, 0) is 4.79 Å². The van der Waals surface area contributed by atoms with Gasteiger partial charge in [-0.15, -0.1) is 0 Å². The lowest BCUT2D eigenvalue weighted by Crippen LogP contribution is -2.07. The number of carbonyl (C=O) groups is 1. The van der Waals surface area contributed by atoms with Crippen molar-refractivity contribution in [2.24, 2.45) is 0 Å². The minimum absolute atomic E-state index is 0.152. The first kappa shape index (κ1) is 19.0. The Morgan fingerprint density at radius 2 is 1.50 bits per heavy atom. The van der Waals surface area contributed by atoms with E-state index in [4.69, 9.17) is 4.74 Å². The molecule has 0 unspecified atom stereocenters. The second-order valence-electron chi connectivity index (χ2n) is 6.40. The fourth-order valence-electron chi connectivity index (χ4n) is 2.57. The van der Waals surface area contributed by atoms with Gasteiger partial charge in [0.1, 0.15) is 17.2 Å². The van der Waals surface area contributed by atoms with Crippen LogP contribution in [0.25, 0.3) is 23.3 Å². The normalized spacial score (nSPS) is 10.8. The predicted octanol–water partition coefficient (Wildman–Crippen LogP) is 5.42. The molecule has 0 bridgehead atoms. The Hall–Kier alpha value is -3.79. The lowest BCUT2D eigenvalue weighted by Gasteiger charge is -2.08. The molecule has 28 heavy (non-hydrogen) atoms. The monoisotopic (exact) mass is 372 g/mol. The summed E-state index contributed by atoms with van der Waals surface area (Å²) in [7, 11) is 0. The number of phenolic OH excluding ortho intramolecular Hbond substituents is 2. The number of hydrogen-bond donors (Lipinski definition) is 2. The van der Waals surface area contributed by atoms with Crippen LogP contribution in [0.4, 0.5) is 0 Å². The summed E-state index contributed by atoms with van der Waals surface area (Å²) in [6.45, 7) is 5.14. The highest BCUT2D eigenvalue weighted by Gasteiger charge is 2.08. The highest BCUT2D eigenvalue weighted by Crippen LogP contribution is 2.31. The number of aromatic hydroxyl groups is 2. The van der Waals surface area contributed by atoms with Crippen molar-refractivity contribution in [1.29, 1.82) is 0 Å². The molecule has 0 saturated carbocycles. The molecule has 0 aromatic heterocycles. The predicted molar refractivity (Wildman–Crippen MR) is 111 cm³/mol. The van der Waals surface area contributed by atoms with Gasteiger partial charge in [-0.2, -0.15) is 0 Å². The van der Waals surface area contributed by atoms with Crippen LogP contribution in [0.2, 0.25) is 0 Å². The Bertz CT molecular complexity index is 1030. The van der Waals surface area contributed by atoms with Crippen LogP contribution in [-0.4, -0.2) is 16.2 Å². The van der Waals surface area contributed by atoms with Crippen LogP contribution >= 0.6 is 0 Å². The van der Waals surface area contributed by atoms with Gasteiger partial charge < -0.3 is 14.9 Å². The van der Waals surface area contributed by atoms with Crippen LogP contribution in [0.15, 0.2) is 78.9 Å². The van der Waals surface area contributed by atoms with Crippen molar-refractivity contribution < 1.29 is 19.7 Å². The Kier molecular flexibility index (Phi) is 5.61. The maximum absolute atomic E-state index is 11.6. The third kappa shape index (κ3) is 4.68. The van der Waals surface area contributed by atoms with Crippen molar-refractivity contribution in [3.8, 4) is 28.4 Å². The van der Waals surface area contributed by atoms with Gasteiger partial charge >= 0.3 is 5.97 Å². The zero-order valence-electron chi connectivity index (χ0n) is 15.4. The number of carbonyl (C=O) groups excluding carboxylic acids is 1. The summed E-state index contributed by atoms with van der Waals surface area (Å²) in [6.07, 6.45) is 3.79. The number of esters is 1. The second kappa shape index (κ2) is 8.27. The van der Waals surface area contributed by atoms with Crippen LogP contribution in [0.5, 0.6) is 17.2 Å². The van der Waals surface area contributed by atoms with E-state index in [1.807, 2.05) is 36.4 Å². The number of hydrogen-bond acceptors (Lipinski definition) is 4. The van der Waals surface area contributed by atoms with Crippen molar-refractivity contribution in [2.45, 2.75) is 6.92 Å². The number of phenols is 2. The van der Waals surface area contributed by atoms with Gasteiger partial charge in [-0.1, -0.05) is 55.1 Å². The first-order chi connectivity index (χ1) is 13.4. The summed E-state index contributed by atoms with van der Waals surface area (Å²) in [5, 5.41) is 19.7. The van der Waals surface area contributed by atoms with Gasteiger partial charge in [0.2, 0.25) is 0 Å². The minimum atomic E-state index is -0.472. The molecule has 4 nitrogen and oxygen atoms in total. The third-order valence-electron chi connectivity index (χ3n) is 4.11. The first-order valence-corrected chi connectivity index (χ1v) is 8.70. The molecule has 2 N–H and O–H groups in total. The minimum Gasteiger partial charge on any atom is -0.508 e. The lowest BCUT2D eigenvalue weighted by molar-refractivity contribution is -0.130. The molecule has 0 saturated heterocycles. The molecule has 0 atom stereocenters. The second-order valence-corrected chi connectivity index (χ2v) is 6.40. The topological polar surface area (TPSA) is 66.8 Å². The fourth-order valence-corrected chi connectivity index (χ4v) is 2.57. The van der Waals surface area contributed by atoms with E-state index < -0.39 is 5.97 Å². The molecule has 0 aliphatic carbocycles. The smallest absolute Gasteiger partial charge is 0.338 e. The standard InChI is InChI=1S/C24H20O4/c1-16(2)24(27)28-21-12-8-19(9-13-21)22-14-7-18(15-23(22)26)4-3-17-5-10-20(25)11-6-17/h3-15,25-26H,1H2,2H3/b4-3+. The molecule has 0 aliphatic heterocycles. The zero-order valence-corrected chi connectivity index (χ0v) is 15.4. The molecule has 0 amide bonds. The van der Waals surface area contributed by atoms with Gasteiger partial charge in [0.15, 0.2) is 0 Å². The van der Waals surface area contributed by atoms with E-state index >= 15 is 0 Å². The number of rotatable bonds is 5. The molecular formula is C24H20O4. The highest BCUT2D eigenvalue weighted by atomic mass is 16.5. The highest BCUT2D eigenvalue weighted by molar-refractivity contribution is 5.88. The Labute approximate surface area is 163 Å². The average molecular weight is 372 g/mol. The van der Waals surface area contributed by atoms with E-state index in [1.165, 1.54) is 0 Å². The van der Waals surface area contributed by atoms with E-state index in [1.54, 1.807) is 49.4 Å². The summed E-state index contributed by atoms with van der Waals surface area (Å²) in [5.41, 5.74) is 3.61. The summed E-state index contributed by atoms with van der Waals surface area (Å²) >= 11 is 0. The van der Waals surface area contributed by atoms with Crippen molar-refractivity contribution >= 4 is 18.1 Å². The maximum atomic E-state index is 11.6. The quantitative estimate of drug-likeness (QED) is 0.272. The van der Waals surface area contributed by atoms with E-state index in [-0.39, 0.29) is 11.5 Å². The number of ether oxygens (including phenoxy) is 1. The molecular weight excluding hydrogens is 352 g/mol. The van der Waals surface area contributed by atoms with Crippen LogP contribution in [0.3, 0.4) is 0 Å². The van der Waals surface area contributed by atoms with Crippen molar-refractivity contribution in [3.63, 3.8) is 0 Å². The summed E-state index contributed by atoms with van der Waals surface area (Å²) in [6, 6.07) is 19.2. The van der Waals surface area contributed by atoms with Crippen molar-refractivity contribution in [3.05, 3.63) is 90.0 Å². The Morgan fingerprint density at radius 1 is 0.893 bits per heavy atom.